The molecule has 1 rings (SSSR count). The standard InChI is InChI=1S/C13H24BrNO2/c1-2-11(8-9-14)15-13(16)7-6-12-5-3-4-10-17-12/h11-12H,2-10H2,1H3,(H,15,16). The van der Waals surface area contributed by atoms with Crippen LogP contribution in [0.5, 0.6) is 0 Å². The van der Waals surface area contributed by atoms with Crippen LogP contribution in [0.15, 0.2) is 0 Å². The molecule has 0 aromatic carbocycles. The molecule has 0 aliphatic carbocycles. The lowest BCUT2D eigenvalue weighted by Gasteiger charge is -2.22. The maximum atomic E-state index is 11.7. The number of hydrogen-bond donors (Lipinski definition) is 1. The second kappa shape index (κ2) is 8.92. The minimum Gasteiger partial charge on any atom is -0.378 e. The van der Waals surface area contributed by atoms with Gasteiger partial charge in [-0.05, 0) is 38.5 Å². The first-order chi connectivity index (χ1) is 8.26. The van der Waals surface area contributed by atoms with Gasteiger partial charge in [0, 0.05) is 24.4 Å². The summed E-state index contributed by atoms with van der Waals surface area (Å²) >= 11 is 3.41. The van der Waals surface area contributed by atoms with E-state index in [1.54, 1.807) is 0 Å². The highest BCUT2D eigenvalue weighted by molar-refractivity contribution is 9.09. The number of rotatable bonds is 7. The van der Waals surface area contributed by atoms with Gasteiger partial charge in [0.05, 0.1) is 6.10 Å². The highest BCUT2D eigenvalue weighted by Crippen LogP contribution is 2.16. The van der Waals surface area contributed by atoms with E-state index >= 15 is 0 Å². The summed E-state index contributed by atoms with van der Waals surface area (Å²) in [7, 11) is 0. The number of amides is 1. The van der Waals surface area contributed by atoms with Crippen LogP contribution in [0.2, 0.25) is 0 Å². The summed E-state index contributed by atoms with van der Waals surface area (Å²) in [5, 5.41) is 4.02. The summed E-state index contributed by atoms with van der Waals surface area (Å²) in [4.78, 5) is 11.7. The van der Waals surface area contributed by atoms with Gasteiger partial charge in [0.2, 0.25) is 5.91 Å². The van der Waals surface area contributed by atoms with E-state index in [-0.39, 0.29) is 5.91 Å². The van der Waals surface area contributed by atoms with Crippen LogP contribution in [-0.2, 0) is 9.53 Å². The molecule has 1 amide bonds. The molecule has 0 spiro atoms. The predicted octanol–water partition coefficient (Wildman–Crippen LogP) is 3.02. The number of alkyl halides is 1. The molecule has 1 saturated heterocycles. The van der Waals surface area contributed by atoms with E-state index in [9.17, 15) is 4.79 Å². The second-order valence-electron chi connectivity index (χ2n) is 4.68. The van der Waals surface area contributed by atoms with Crippen LogP contribution in [0.1, 0.15) is 51.9 Å². The van der Waals surface area contributed by atoms with Gasteiger partial charge in [-0.2, -0.15) is 0 Å². The smallest absolute Gasteiger partial charge is 0.220 e. The van der Waals surface area contributed by atoms with Gasteiger partial charge in [0.15, 0.2) is 0 Å². The van der Waals surface area contributed by atoms with E-state index in [0.717, 1.165) is 37.6 Å². The Morgan fingerprint density at radius 1 is 1.53 bits per heavy atom. The van der Waals surface area contributed by atoms with E-state index < -0.39 is 0 Å². The third kappa shape index (κ3) is 6.41. The molecule has 0 radical (unpaired) electrons. The Balaban J connectivity index is 2.14. The molecule has 1 heterocycles. The topological polar surface area (TPSA) is 38.3 Å². The number of carbonyl (C=O) groups excluding carboxylic acids is 1. The second-order valence-corrected chi connectivity index (χ2v) is 5.47. The molecular weight excluding hydrogens is 282 g/mol. The van der Waals surface area contributed by atoms with Gasteiger partial charge in [-0.3, -0.25) is 4.79 Å². The molecule has 0 bridgehead atoms. The fourth-order valence-electron chi connectivity index (χ4n) is 2.14. The van der Waals surface area contributed by atoms with E-state index in [4.69, 9.17) is 4.74 Å². The number of nitrogens with one attached hydrogen (secondary N) is 1. The van der Waals surface area contributed by atoms with Gasteiger partial charge in [0.1, 0.15) is 0 Å². The van der Waals surface area contributed by atoms with Crippen LogP contribution in [0.3, 0.4) is 0 Å². The quantitative estimate of drug-likeness (QED) is 0.734. The molecule has 2 unspecified atom stereocenters. The number of hydrogen-bond acceptors (Lipinski definition) is 2. The first kappa shape index (κ1) is 15.0. The largest absolute Gasteiger partial charge is 0.378 e. The monoisotopic (exact) mass is 305 g/mol. The first-order valence-corrected chi connectivity index (χ1v) is 7.85. The number of carbonyl (C=O) groups is 1. The zero-order valence-corrected chi connectivity index (χ0v) is 12.3. The van der Waals surface area contributed by atoms with Crippen molar-refractivity contribution < 1.29 is 9.53 Å². The summed E-state index contributed by atoms with van der Waals surface area (Å²) in [6.07, 6.45) is 7.32. The molecule has 1 aliphatic rings. The maximum Gasteiger partial charge on any atom is 0.220 e. The molecule has 2 atom stereocenters. The Morgan fingerprint density at radius 2 is 2.35 bits per heavy atom. The lowest BCUT2D eigenvalue weighted by molar-refractivity contribution is -0.122. The Hall–Kier alpha value is -0.0900. The van der Waals surface area contributed by atoms with Crippen LogP contribution < -0.4 is 5.32 Å². The first-order valence-electron chi connectivity index (χ1n) is 6.73. The summed E-state index contributed by atoms with van der Waals surface area (Å²) in [5.74, 6) is 0.173. The third-order valence-corrected chi connectivity index (χ3v) is 3.74. The SMILES string of the molecule is CCC(CCBr)NC(=O)CCC1CCCCO1. The molecule has 0 aromatic heterocycles. The van der Waals surface area contributed by atoms with Crippen LogP contribution in [0, 0.1) is 0 Å². The normalized spacial score (nSPS) is 22.1. The molecule has 100 valence electrons. The van der Waals surface area contributed by atoms with Crippen LogP contribution >= 0.6 is 15.9 Å². The molecule has 1 aliphatic heterocycles. The Kier molecular flexibility index (Phi) is 7.86. The van der Waals surface area contributed by atoms with Crippen molar-refractivity contribution in [2.45, 2.75) is 64.0 Å². The minimum absolute atomic E-state index is 0.173. The lowest BCUT2D eigenvalue weighted by atomic mass is 10.0. The molecular formula is C13H24BrNO2. The van der Waals surface area contributed by atoms with Crippen molar-refractivity contribution in [2.75, 3.05) is 11.9 Å². The van der Waals surface area contributed by atoms with Crippen LogP contribution in [-0.4, -0.2) is 30.0 Å². The van der Waals surface area contributed by atoms with E-state index in [2.05, 4.69) is 28.2 Å². The van der Waals surface area contributed by atoms with Crippen LogP contribution in [0.25, 0.3) is 0 Å². The van der Waals surface area contributed by atoms with Crippen molar-refractivity contribution in [1.82, 2.24) is 5.32 Å². The van der Waals surface area contributed by atoms with Gasteiger partial charge in [-0.1, -0.05) is 22.9 Å². The molecule has 0 aromatic rings. The molecule has 0 saturated carbocycles. The fourth-order valence-corrected chi connectivity index (χ4v) is 2.69. The van der Waals surface area contributed by atoms with Gasteiger partial charge < -0.3 is 10.1 Å². The third-order valence-electron chi connectivity index (χ3n) is 3.28. The Bertz CT molecular complexity index is 217. The minimum atomic E-state index is 0.173. The van der Waals surface area contributed by atoms with Gasteiger partial charge in [0.25, 0.3) is 0 Å². The molecule has 1 fully saturated rings. The summed E-state index contributed by atoms with van der Waals surface area (Å²) < 4.78 is 5.62. The molecule has 4 heteroatoms. The zero-order valence-electron chi connectivity index (χ0n) is 10.7. The predicted molar refractivity (Wildman–Crippen MR) is 73.5 cm³/mol. The average Bonchev–Trinajstić information content (AvgIpc) is 2.37. The fraction of sp³-hybridized carbons (Fsp3) is 0.923. The van der Waals surface area contributed by atoms with Crippen LogP contribution in [0.4, 0.5) is 0 Å². The van der Waals surface area contributed by atoms with E-state index in [1.165, 1.54) is 12.8 Å². The Labute approximate surface area is 113 Å². The van der Waals surface area contributed by atoms with Gasteiger partial charge in [-0.25, -0.2) is 0 Å². The summed E-state index contributed by atoms with van der Waals surface area (Å²) in [5.41, 5.74) is 0. The lowest BCUT2D eigenvalue weighted by Crippen LogP contribution is -2.35. The molecule has 17 heavy (non-hydrogen) atoms. The number of ether oxygens (including phenoxy) is 1. The van der Waals surface area contributed by atoms with E-state index in [0.29, 0.717) is 18.6 Å². The van der Waals surface area contributed by atoms with Gasteiger partial charge >= 0.3 is 0 Å². The zero-order chi connectivity index (χ0) is 12.5. The van der Waals surface area contributed by atoms with Gasteiger partial charge in [-0.15, -0.1) is 0 Å². The highest BCUT2D eigenvalue weighted by Gasteiger charge is 2.16. The van der Waals surface area contributed by atoms with Crippen molar-refractivity contribution >= 4 is 21.8 Å². The van der Waals surface area contributed by atoms with Crippen molar-refractivity contribution in [3.05, 3.63) is 0 Å². The summed E-state index contributed by atoms with van der Waals surface area (Å²) in [6, 6.07) is 0.314. The van der Waals surface area contributed by atoms with Crippen molar-refractivity contribution in [3.8, 4) is 0 Å². The van der Waals surface area contributed by atoms with E-state index in [1.807, 2.05) is 0 Å². The average molecular weight is 306 g/mol. The maximum absolute atomic E-state index is 11.7. The highest BCUT2D eigenvalue weighted by atomic mass is 79.9. The van der Waals surface area contributed by atoms with Crippen molar-refractivity contribution in [1.29, 1.82) is 0 Å². The van der Waals surface area contributed by atoms with Crippen molar-refractivity contribution in [3.63, 3.8) is 0 Å². The molecule has 1 N–H and O–H groups in total. The molecule has 3 nitrogen and oxygen atoms in total. The summed E-state index contributed by atoms with van der Waals surface area (Å²) in [6.45, 7) is 2.98. The van der Waals surface area contributed by atoms with Crippen molar-refractivity contribution in [2.24, 2.45) is 0 Å². The number of halogens is 1. The Morgan fingerprint density at radius 3 is 2.94 bits per heavy atom.